The monoisotopic (exact) mass is 367 g/mol. The summed E-state index contributed by atoms with van der Waals surface area (Å²) in [4.78, 5) is 17.3. The largest absolute Gasteiger partial charge is 0.379 e. The second-order valence-corrected chi connectivity index (χ2v) is 6.66. The van der Waals surface area contributed by atoms with Crippen LogP contribution in [0.3, 0.4) is 0 Å². The molecule has 0 fully saturated rings. The van der Waals surface area contributed by atoms with Gasteiger partial charge in [0.05, 0.1) is 22.5 Å². The van der Waals surface area contributed by atoms with Crippen LogP contribution in [0.5, 0.6) is 0 Å². The number of anilines is 2. The van der Waals surface area contributed by atoms with E-state index in [9.17, 15) is 4.79 Å². The molecule has 0 spiro atoms. The molecule has 2 N–H and O–H groups in total. The first-order chi connectivity index (χ1) is 13.7. The van der Waals surface area contributed by atoms with Gasteiger partial charge in [0.25, 0.3) is 5.91 Å². The molecule has 0 bridgehead atoms. The minimum absolute atomic E-state index is 0.172. The summed E-state index contributed by atoms with van der Waals surface area (Å²) >= 11 is 0. The minimum atomic E-state index is -0.172. The van der Waals surface area contributed by atoms with Crippen LogP contribution in [0.15, 0.2) is 85.1 Å². The van der Waals surface area contributed by atoms with Crippen LogP contribution >= 0.6 is 0 Å². The number of para-hydroxylation sites is 3. The van der Waals surface area contributed by atoms with Gasteiger partial charge in [-0.3, -0.25) is 9.78 Å². The van der Waals surface area contributed by atoms with Crippen molar-refractivity contribution in [2.24, 2.45) is 0 Å². The SMILES string of the molecule is Cc1ccccc1CNc1ccccc1NC(=O)c1cccc2cccnc12. The number of pyridine rings is 1. The van der Waals surface area contributed by atoms with Crippen LogP contribution in [0.25, 0.3) is 10.9 Å². The van der Waals surface area contributed by atoms with Gasteiger partial charge in [0, 0.05) is 18.1 Å². The summed E-state index contributed by atoms with van der Waals surface area (Å²) in [5.74, 6) is -0.172. The van der Waals surface area contributed by atoms with Crippen molar-refractivity contribution in [1.82, 2.24) is 4.98 Å². The van der Waals surface area contributed by atoms with Gasteiger partial charge in [-0.15, -0.1) is 0 Å². The van der Waals surface area contributed by atoms with Crippen LogP contribution < -0.4 is 10.6 Å². The Kier molecular flexibility index (Phi) is 5.02. The quantitative estimate of drug-likeness (QED) is 0.496. The van der Waals surface area contributed by atoms with Crippen molar-refractivity contribution in [3.8, 4) is 0 Å². The van der Waals surface area contributed by atoms with Crippen LogP contribution in [0, 0.1) is 6.92 Å². The van der Waals surface area contributed by atoms with E-state index in [2.05, 4.69) is 34.7 Å². The smallest absolute Gasteiger partial charge is 0.257 e. The molecule has 0 aliphatic heterocycles. The first-order valence-electron chi connectivity index (χ1n) is 9.25. The molecule has 0 radical (unpaired) electrons. The third-order valence-corrected chi connectivity index (χ3v) is 4.78. The number of amides is 1. The zero-order valence-electron chi connectivity index (χ0n) is 15.6. The summed E-state index contributed by atoms with van der Waals surface area (Å²) in [6.07, 6.45) is 1.71. The normalized spacial score (nSPS) is 10.6. The summed E-state index contributed by atoms with van der Waals surface area (Å²) in [5, 5.41) is 7.41. The predicted molar refractivity (Wildman–Crippen MR) is 115 cm³/mol. The number of carbonyl (C=O) groups is 1. The number of hydrogen-bond donors (Lipinski definition) is 2. The van der Waals surface area contributed by atoms with Crippen LogP contribution in [0.1, 0.15) is 21.5 Å². The van der Waals surface area contributed by atoms with Gasteiger partial charge in [0.2, 0.25) is 0 Å². The summed E-state index contributed by atoms with van der Waals surface area (Å²) in [6, 6.07) is 25.5. The number of nitrogens with one attached hydrogen (secondary N) is 2. The lowest BCUT2D eigenvalue weighted by atomic mass is 10.1. The number of aromatic nitrogens is 1. The summed E-state index contributed by atoms with van der Waals surface area (Å²) < 4.78 is 0. The molecular weight excluding hydrogens is 346 g/mol. The van der Waals surface area contributed by atoms with Gasteiger partial charge < -0.3 is 10.6 Å². The second kappa shape index (κ2) is 7.92. The molecule has 0 saturated heterocycles. The van der Waals surface area contributed by atoms with E-state index in [0.717, 1.165) is 16.8 Å². The number of rotatable bonds is 5. The zero-order chi connectivity index (χ0) is 19.3. The van der Waals surface area contributed by atoms with E-state index < -0.39 is 0 Å². The number of hydrogen-bond acceptors (Lipinski definition) is 3. The molecule has 4 aromatic rings. The Morgan fingerprint density at radius 1 is 0.857 bits per heavy atom. The lowest BCUT2D eigenvalue weighted by molar-refractivity contribution is 0.102. The number of fused-ring (bicyclic) bond motifs is 1. The Morgan fingerprint density at radius 2 is 1.61 bits per heavy atom. The van der Waals surface area contributed by atoms with E-state index >= 15 is 0 Å². The Hall–Kier alpha value is -3.66. The van der Waals surface area contributed by atoms with E-state index in [-0.39, 0.29) is 5.91 Å². The van der Waals surface area contributed by atoms with Gasteiger partial charge in [-0.1, -0.05) is 54.6 Å². The molecule has 4 nitrogen and oxygen atoms in total. The number of aryl methyl sites for hydroxylation is 1. The average molecular weight is 367 g/mol. The van der Waals surface area contributed by atoms with Crippen molar-refractivity contribution < 1.29 is 4.79 Å². The maximum absolute atomic E-state index is 12.9. The summed E-state index contributed by atoms with van der Waals surface area (Å²) in [7, 11) is 0. The summed E-state index contributed by atoms with van der Waals surface area (Å²) in [5.41, 5.74) is 5.35. The van der Waals surface area contributed by atoms with Gasteiger partial charge in [-0.2, -0.15) is 0 Å². The van der Waals surface area contributed by atoms with E-state index in [0.29, 0.717) is 17.6 Å². The molecule has 138 valence electrons. The van der Waals surface area contributed by atoms with E-state index in [4.69, 9.17) is 0 Å². The first-order valence-corrected chi connectivity index (χ1v) is 9.25. The highest BCUT2D eigenvalue weighted by Gasteiger charge is 2.13. The number of benzene rings is 3. The minimum Gasteiger partial charge on any atom is -0.379 e. The third kappa shape index (κ3) is 3.71. The fraction of sp³-hybridized carbons (Fsp3) is 0.0833. The molecule has 28 heavy (non-hydrogen) atoms. The molecule has 0 atom stereocenters. The van der Waals surface area contributed by atoms with Gasteiger partial charge >= 0.3 is 0 Å². The highest BCUT2D eigenvalue weighted by molar-refractivity contribution is 6.12. The lowest BCUT2D eigenvalue weighted by Crippen LogP contribution is -2.14. The second-order valence-electron chi connectivity index (χ2n) is 6.66. The molecule has 1 aromatic heterocycles. The number of nitrogens with zero attached hydrogens (tertiary/aromatic N) is 1. The third-order valence-electron chi connectivity index (χ3n) is 4.78. The van der Waals surface area contributed by atoms with Gasteiger partial charge in [0.1, 0.15) is 0 Å². The van der Waals surface area contributed by atoms with Crippen molar-refractivity contribution in [3.63, 3.8) is 0 Å². The summed E-state index contributed by atoms with van der Waals surface area (Å²) in [6.45, 7) is 2.79. The molecule has 4 rings (SSSR count). The Balaban J connectivity index is 1.57. The molecule has 0 unspecified atom stereocenters. The molecule has 0 aliphatic carbocycles. The van der Waals surface area contributed by atoms with Gasteiger partial charge in [-0.05, 0) is 42.3 Å². The molecule has 1 heterocycles. The van der Waals surface area contributed by atoms with Crippen molar-refractivity contribution >= 4 is 28.2 Å². The van der Waals surface area contributed by atoms with Crippen molar-refractivity contribution in [3.05, 3.63) is 102 Å². The molecule has 0 aliphatic rings. The first kappa shape index (κ1) is 17.7. The van der Waals surface area contributed by atoms with Gasteiger partial charge in [0.15, 0.2) is 0 Å². The van der Waals surface area contributed by atoms with E-state index in [1.807, 2.05) is 60.7 Å². The Bertz CT molecular complexity index is 1130. The zero-order valence-corrected chi connectivity index (χ0v) is 15.6. The Morgan fingerprint density at radius 3 is 2.46 bits per heavy atom. The van der Waals surface area contributed by atoms with E-state index in [1.54, 1.807) is 12.3 Å². The predicted octanol–water partition coefficient (Wildman–Crippen LogP) is 5.41. The van der Waals surface area contributed by atoms with Gasteiger partial charge in [-0.25, -0.2) is 0 Å². The molecule has 0 saturated carbocycles. The molecule has 3 aromatic carbocycles. The fourth-order valence-corrected chi connectivity index (χ4v) is 3.22. The van der Waals surface area contributed by atoms with Crippen molar-refractivity contribution in [2.75, 3.05) is 10.6 Å². The van der Waals surface area contributed by atoms with Crippen molar-refractivity contribution in [2.45, 2.75) is 13.5 Å². The van der Waals surface area contributed by atoms with Crippen LogP contribution in [-0.4, -0.2) is 10.9 Å². The van der Waals surface area contributed by atoms with Crippen molar-refractivity contribution in [1.29, 1.82) is 0 Å². The van der Waals surface area contributed by atoms with Crippen LogP contribution in [0.4, 0.5) is 11.4 Å². The highest BCUT2D eigenvalue weighted by atomic mass is 16.1. The maximum atomic E-state index is 12.9. The fourth-order valence-electron chi connectivity index (χ4n) is 3.22. The topological polar surface area (TPSA) is 54.0 Å². The van der Waals surface area contributed by atoms with E-state index in [1.165, 1.54) is 11.1 Å². The Labute approximate surface area is 164 Å². The number of carbonyl (C=O) groups excluding carboxylic acids is 1. The molecular formula is C24H21N3O. The average Bonchev–Trinajstić information content (AvgIpc) is 2.73. The van der Waals surface area contributed by atoms with Crippen LogP contribution in [0.2, 0.25) is 0 Å². The standard InChI is InChI=1S/C24H21N3O/c1-17-8-2-3-9-19(17)16-26-21-13-4-5-14-22(21)27-24(28)20-12-6-10-18-11-7-15-25-23(18)20/h2-15,26H,16H2,1H3,(H,27,28). The molecule has 1 amide bonds. The lowest BCUT2D eigenvalue weighted by Gasteiger charge is -2.14. The maximum Gasteiger partial charge on any atom is 0.257 e. The molecule has 4 heteroatoms. The highest BCUT2D eigenvalue weighted by Crippen LogP contribution is 2.24. The van der Waals surface area contributed by atoms with Crippen LogP contribution in [-0.2, 0) is 6.54 Å².